The van der Waals surface area contributed by atoms with Crippen LogP contribution >= 0.6 is 0 Å². The van der Waals surface area contributed by atoms with Gasteiger partial charge in [-0.2, -0.15) is 0 Å². The van der Waals surface area contributed by atoms with Gasteiger partial charge in [-0.05, 0) is 18.1 Å². The summed E-state index contributed by atoms with van der Waals surface area (Å²) in [5.74, 6) is -2.20. The summed E-state index contributed by atoms with van der Waals surface area (Å²) in [6, 6.07) is 1.85. The normalized spacial score (nSPS) is 12.2. The predicted molar refractivity (Wildman–Crippen MR) is 66.9 cm³/mol. The lowest BCUT2D eigenvalue weighted by Crippen LogP contribution is -2.33. The molecule has 3 N–H and O–H groups in total. The van der Waals surface area contributed by atoms with Gasteiger partial charge in [0.25, 0.3) is 11.5 Å². The molecule has 1 unspecified atom stereocenters. The van der Waals surface area contributed by atoms with Gasteiger partial charge in [0.05, 0.1) is 0 Å². The van der Waals surface area contributed by atoms with E-state index >= 15 is 0 Å². The molecule has 0 aliphatic rings. The number of ether oxygens (including phenoxy) is 1. The van der Waals surface area contributed by atoms with Gasteiger partial charge in [0.2, 0.25) is 0 Å². The molecule has 0 saturated heterocycles. The number of nitrogens with zero attached hydrogens (tertiary/aromatic N) is 1. The van der Waals surface area contributed by atoms with Crippen molar-refractivity contribution in [3.8, 4) is 5.75 Å². The summed E-state index contributed by atoms with van der Waals surface area (Å²) in [6.45, 7) is 2.96. The van der Waals surface area contributed by atoms with Gasteiger partial charge in [0.1, 0.15) is 6.04 Å². The zero-order valence-corrected chi connectivity index (χ0v) is 10.7. The summed E-state index contributed by atoms with van der Waals surface area (Å²) in [5, 5.41) is 9.16. The van der Waals surface area contributed by atoms with Crippen LogP contribution in [0.25, 0.3) is 0 Å². The zero-order chi connectivity index (χ0) is 14.6. The maximum atomic E-state index is 12.1. The van der Waals surface area contributed by atoms with Crippen LogP contribution in [0, 0.1) is 5.92 Å². The Balaban J connectivity index is 3.16. The standard InChI is InChI=1S/C12H16N2O5/c1-7(2)10(12(17)18)14-5-3-4-8(11(14)16)19-6-9(13)15/h3-5,7,10H,6H2,1-2H3,(H2,13,15)(H,17,18). The summed E-state index contributed by atoms with van der Waals surface area (Å²) in [6.07, 6.45) is 1.37. The lowest BCUT2D eigenvalue weighted by molar-refractivity contribution is -0.142. The number of carbonyl (C=O) groups is 2. The molecule has 7 nitrogen and oxygen atoms in total. The molecule has 0 fully saturated rings. The van der Waals surface area contributed by atoms with E-state index < -0.39 is 30.1 Å². The van der Waals surface area contributed by atoms with Gasteiger partial charge in [0, 0.05) is 6.20 Å². The summed E-state index contributed by atoms with van der Waals surface area (Å²) in [5.41, 5.74) is 4.31. The van der Waals surface area contributed by atoms with Crippen molar-refractivity contribution in [2.24, 2.45) is 11.7 Å². The quantitative estimate of drug-likeness (QED) is 0.753. The van der Waals surface area contributed by atoms with Crippen LogP contribution < -0.4 is 16.0 Å². The Morgan fingerprint density at radius 3 is 2.58 bits per heavy atom. The van der Waals surface area contributed by atoms with Gasteiger partial charge >= 0.3 is 5.97 Å². The topological polar surface area (TPSA) is 112 Å². The first kappa shape index (κ1) is 14.7. The molecule has 0 aliphatic heterocycles. The molecule has 0 saturated carbocycles. The van der Waals surface area contributed by atoms with E-state index in [0.717, 1.165) is 4.57 Å². The third-order valence-corrected chi connectivity index (χ3v) is 2.49. The molecule has 0 aromatic carbocycles. The van der Waals surface area contributed by atoms with E-state index in [9.17, 15) is 14.4 Å². The van der Waals surface area contributed by atoms with Crippen molar-refractivity contribution < 1.29 is 19.4 Å². The van der Waals surface area contributed by atoms with Crippen molar-refractivity contribution in [2.45, 2.75) is 19.9 Å². The summed E-state index contributed by atoms with van der Waals surface area (Å²) >= 11 is 0. The SMILES string of the molecule is CC(C)C(C(=O)O)n1cccc(OCC(N)=O)c1=O. The Bertz CT molecular complexity index is 535. The van der Waals surface area contributed by atoms with E-state index in [1.165, 1.54) is 18.3 Å². The van der Waals surface area contributed by atoms with Crippen molar-refractivity contribution in [3.63, 3.8) is 0 Å². The van der Waals surface area contributed by atoms with Gasteiger partial charge in [-0.3, -0.25) is 14.2 Å². The van der Waals surface area contributed by atoms with Gasteiger partial charge in [0.15, 0.2) is 12.4 Å². The molecule has 1 aromatic rings. The second-order valence-electron chi connectivity index (χ2n) is 4.37. The average molecular weight is 268 g/mol. The summed E-state index contributed by atoms with van der Waals surface area (Å²) in [7, 11) is 0. The van der Waals surface area contributed by atoms with E-state index in [0.29, 0.717) is 0 Å². The number of aromatic nitrogens is 1. The molecule has 1 atom stereocenters. The highest BCUT2D eigenvalue weighted by Crippen LogP contribution is 2.17. The highest BCUT2D eigenvalue weighted by Gasteiger charge is 2.25. The molecule has 1 rings (SSSR count). The second kappa shape index (κ2) is 6.03. The number of aliphatic carboxylic acids is 1. The van der Waals surface area contributed by atoms with Gasteiger partial charge in [-0.15, -0.1) is 0 Å². The Labute approximate surface area is 109 Å². The zero-order valence-electron chi connectivity index (χ0n) is 10.7. The molecule has 0 aliphatic carbocycles. The van der Waals surface area contributed by atoms with Gasteiger partial charge in [-0.1, -0.05) is 13.8 Å². The third-order valence-electron chi connectivity index (χ3n) is 2.49. The molecule has 0 spiro atoms. The number of hydrogen-bond donors (Lipinski definition) is 2. The molecule has 0 radical (unpaired) electrons. The minimum absolute atomic E-state index is 0.104. The van der Waals surface area contributed by atoms with Gasteiger partial charge < -0.3 is 15.6 Å². The Morgan fingerprint density at radius 1 is 1.47 bits per heavy atom. The average Bonchev–Trinajstić information content (AvgIpc) is 2.29. The van der Waals surface area contributed by atoms with Crippen LogP contribution in [-0.2, 0) is 9.59 Å². The minimum Gasteiger partial charge on any atom is -0.480 e. The van der Waals surface area contributed by atoms with Crippen molar-refractivity contribution >= 4 is 11.9 Å². The van der Waals surface area contributed by atoms with Crippen molar-refractivity contribution in [1.82, 2.24) is 4.57 Å². The molecule has 19 heavy (non-hydrogen) atoms. The highest BCUT2D eigenvalue weighted by atomic mass is 16.5. The van der Waals surface area contributed by atoms with Crippen LogP contribution in [0.4, 0.5) is 0 Å². The van der Waals surface area contributed by atoms with Crippen LogP contribution in [0.15, 0.2) is 23.1 Å². The number of primary amides is 1. The number of carboxylic acids is 1. The lowest BCUT2D eigenvalue weighted by Gasteiger charge is -2.19. The number of nitrogens with two attached hydrogens (primary N) is 1. The van der Waals surface area contributed by atoms with Crippen molar-refractivity contribution in [3.05, 3.63) is 28.7 Å². The molecule has 0 bridgehead atoms. The highest BCUT2D eigenvalue weighted by molar-refractivity contribution is 5.75. The fourth-order valence-corrected chi connectivity index (χ4v) is 1.69. The van der Waals surface area contributed by atoms with Crippen molar-refractivity contribution in [1.29, 1.82) is 0 Å². The first-order valence-electron chi connectivity index (χ1n) is 5.69. The number of carbonyl (C=O) groups excluding carboxylic acids is 1. The summed E-state index contributed by atoms with van der Waals surface area (Å²) < 4.78 is 6.02. The van der Waals surface area contributed by atoms with E-state index in [1.54, 1.807) is 13.8 Å². The number of hydrogen-bond acceptors (Lipinski definition) is 4. The van der Waals surface area contributed by atoms with E-state index in [-0.39, 0.29) is 11.7 Å². The Kier molecular flexibility index (Phi) is 4.68. The molecular formula is C12H16N2O5. The van der Waals surface area contributed by atoms with Crippen LogP contribution in [0.3, 0.4) is 0 Å². The minimum atomic E-state index is -1.11. The Morgan fingerprint density at radius 2 is 2.11 bits per heavy atom. The number of carboxylic acid groups (broad SMARTS) is 1. The van der Waals surface area contributed by atoms with E-state index in [1.807, 2.05) is 0 Å². The first-order chi connectivity index (χ1) is 8.84. The maximum absolute atomic E-state index is 12.1. The third kappa shape index (κ3) is 3.57. The van der Waals surface area contributed by atoms with Crippen LogP contribution in [0.5, 0.6) is 5.75 Å². The molecule has 7 heteroatoms. The largest absolute Gasteiger partial charge is 0.480 e. The maximum Gasteiger partial charge on any atom is 0.327 e. The number of rotatable bonds is 6. The molecule has 1 amide bonds. The van der Waals surface area contributed by atoms with Gasteiger partial charge in [-0.25, -0.2) is 4.79 Å². The van der Waals surface area contributed by atoms with Crippen molar-refractivity contribution in [2.75, 3.05) is 6.61 Å². The lowest BCUT2D eigenvalue weighted by atomic mass is 10.0. The molecule has 104 valence electrons. The molecular weight excluding hydrogens is 252 g/mol. The first-order valence-corrected chi connectivity index (χ1v) is 5.69. The van der Waals surface area contributed by atoms with Crippen LogP contribution in [0.2, 0.25) is 0 Å². The Hall–Kier alpha value is -2.31. The van der Waals surface area contributed by atoms with Crippen LogP contribution in [0.1, 0.15) is 19.9 Å². The summed E-state index contributed by atoms with van der Waals surface area (Å²) in [4.78, 5) is 33.9. The van der Waals surface area contributed by atoms with Crippen LogP contribution in [-0.4, -0.2) is 28.2 Å². The number of pyridine rings is 1. The monoisotopic (exact) mass is 268 g/mol. The van der Waals surface area contributed by atoms with E-state index in [4.69, 9.17) is 15.6 Å². The number of amides is 1. The molecule has 1 heterocycles. The van der Waals surface area contributed by atoms with E-state index in [2.05, 4.69) is 0 Å². The second-order valence-corrected chi connectivity index (χ2v) is 4.37. The predicted octanol–water partition coefficient (Wildman–Crippen LogP) is -0.00590. The molecule has 1 aromatic heterocycles. The fourth-order valence-electron chi connectivity index (χ4n) is 1.69. The smallest absolute Gasteiger partial charge is 0.327 e. The fraction of sp³-hybridized carbons (Fsp3) is 0.417.